The summed E-state index contributed by atoms with van der Waals surface area (Å²) in [5.74, 6) is 0. The van der Waals surface area contributed by atoms with Crippen LogP contribution >= 0.6 is 11.6 Å². The fourth-order valence-electron chi connectivity index (χ4n) is 1.98. The Balaban J connectivity index is 3.48. The molecule has 6 heteroatoms. The van der Waals surface area contributed by atoms with Gasteiger partial charge in [0.05, 0.1) is 11.5 Å². The van der Waals surface area contributed by atoms with Crippen molar-refractivity contribution in [2.24, 2.45) is 0 Å². The number of hydrogen-bond acceptors (Lipinski definition) is 3. The van der Waals surface area contributed by atoms with Crippen LogP contribution in [0.1, 0.15) is 25.0 Å². The first-order valence-electron chi connectivity index (χ1n) is 6.28. The summed E-state index contributed by atoms with van der Waals surface area (Å²) in [5.41, 5.74) is 1.03. The van der Waals surface area contributed by atoms with Gasteiger partial charge < -0.3 is 5.11 Å². The molecule has 0 unspecified atom stereocenters. The Morgan fingerprint density at radius 3 is 2.50 bits per heavy atom. The minimum absolute atomic E-state index is 0.129. The number of nitrogens with zero attached hydrogens (tertiary/aromatic N) is 1. The van der Waals surface area contributed by atoms with Gasteiger partial charge in [-0.15, -0.1) is 6.58 Å². The highest BCUT2D eigenvalue weighted by Gasteiger charge is 2.28. The van der Waals surface area contributed by atoms with Crippen LogP contribution in [0.4, 0.5) is 0 Å². The first-order valence-corrected chi connectivity index (χ1v) is 8.10. The molecule has 1 N–H and O–H groups in total. The van der Waals surface area contributed by atoms with Crippen molar-refractivity contribution in [1.29, 1.82) is 0 Å². The second kappa shape index (κ2) is 6.72. The second-order valence-electron chi connectivity index (χ2n) is 4.80. The Labute approximate surface area is 125 Å². The van der Waals surface area contributed by atoms with Crippen LogP contribution in [0.25, 0.3) is 0 Å². The van der Waals surface area contributed by atoms with Crippen LogP contribution in [0, 0.1) is 6.92 Å². The van der Waals surface area contributed by atoms with Crippen molar-refractivity contribution >= 4 is 21.6 Å². The molecule has 0 atom stereocenters. The molecule has 0 fully saturated rings. The molecule has 0 spiro atoms. The Hall–Kier alpha value is -0.880. The standard InChI is InChI=1S/C14H20ClNO3S/c1-5-6-16(10(2)3)20(18,19)14-8-13(15)7-12(9-17)11(14)4/h5,7-8,10,17H,1,6,9H2,2-4H3. The van der Waals surface area contributed by atoms with Crippen molar-refractivity contribution < 1.29 is 13.5 Å². The van der Waals surface area contributed by atoms with Gasteiger partial charge >= 0.3 is 0 Å². The molecule has 0 aliphatic rings. The predicted molar refractivity (Wildman–Crippen MR) is 81.3 cm³/mol. The number of sulfonamides is 1. The van der Waals surface area contributed by atoms with E-state index in [0.29, 0.717) is 16.1 Å². The van der Waals surface area contributed by atoms with Gasteiger partial charge in [-0.05, 0) is 44.0 Å². The van der Waals surface area contributed by atoms with Crippen LogP contribution < -0.4 is 0 Å². The first-order chi connectivity index (χ1) is 9.25. The molecule has 112 valence electrons. The monoisotopic (exact) mass is 317 g/mol. The number of aliphatic hydroxyl groups excluding tert-OH is 1. The van der Waals surface area contributed by atoms with Crippen molar-refractivity contribution in [3.05, 3.63) is 40.9 Å². The average Bonchev–Trinajstić information content (AvgIpc) is 2.37. The predicted octanol–water partition coefficient (Wildman–Crippen LogP) is 2.73. The van der Waals surface area contributed by atoms with E-state index in [1.807, 2.05) is 0 Å². The van der Waals surface area contributed by atoms with Gasteiger partial charge in [0.15, 0.2) is 0 Å². The van der Waals surface area contributed by atoms with Gasteiger partial charge in [-0.1, -0.05) is 17.7 Å². The molecule has 20 heavy (non-hydrogen) atoms. The Morgan fingerprint density at radius 1 is 1.45 bits per heavy atom. The molecule has 0 radical (unpaired) electrons. The van der Waals surface area contributed by atoms with Crippen LogP contribution in [0.2, 0.25) is 5.02 Å². The normalized spacial score (nSPS) is 12.2. The molecule has 1 rings (SSSR count). The van der Waals surface area contributed by atoms with Crippen LogP contribution in [0.3, 0.4) is 0 Å². The zero-order valence-electron chi connectivity index (χ0n) is 11.9. The van der Waals surface area contributed by atoms with Crippen LogP contribution in [-0.2, 0) is 16.6 Å². The van der Waals surface area contributed by atoms with E-state index in [9.17, 15) is 13.5 Å². The lowest BCUT2D eigenvalue weighted by Gasteiger charge is -2.26. The van der Waals surface area contributed by atoms with Gasteiger partial charge in [-0.2, -0.15) is 4.31 Å². The third kappa shape index (κ3) is 3.41. The molecular formula is C14H20ClNO3S. The van der Waals surface area contributed by atoms with Gasteiger partial charge in [-0.3, -0.25) is 0 Å². The number of halogens is 1. The van der Waals surface area contributed by atoms with Crippen LogP contribution in [0.15, 0.2) is 29.7 Å². The van der Waals surface area contributed by atoms with Crippen LogP contribution in [-0.4, -0.2) is 30.4 Å². The van der Waals surface area contributed by atoms with Gasteiger partial charge in [-0.25, -0.2) is 8.42 Å². The van der Waals surface area contributed by atoms with Crippen molar-refractivity contribution in [2.45, 2.75) is 38.3 Å². The van der Waals surface area contributed by atoms with Crippen molar-refractivity contribution in [3.8, 4) is 0 Å². The van der Waals surface area contributed by atoms with E-state index in [4.69, 9.17) is 11.6 Å². The summed E-state index contributed by atoms with van der Waals surface area (Å²) < 4.78 is 26.8. The smallest absolute Gasteiger partial charge is 0.243 e. The van der Waals surface area contributed by atoms with Gasteiger partial charge in [0.1, 0.15) is 0 Å². The summed E-state index contributed by atoms with van der Waals surface area (Å²) >= 11 is 5.95. The molecule has 4 nitrogen and oxygen atoms in total. The average molecular weight is 318 g/mol. The summed E-state index contributed by atoms with van der Waals surface area (Å²) in [7, 11) is -3.68. The van der Waals surface area contributed by atoms with E-state index >= 15 is 0 Å². The number of benzene rings is 1. The van der Waals surface area contributed by atoms with E-state index < -0.39 is 10.0 Å². The summed E-state index contributed by atoms with van der Waals surface area (Å²) in [4.78, 5) is 0.129. The molecule has 0 saturated heterocycles. The number of hydrogen-bond donors (Lipinski definition) is 1. The summed E-state index contributed by atoms with van der Waals surface area (Å²) in [5, 5.41) is 9.59. The lowest BCUT2D eigenvalue weighted by Crippen LogP contribution is -2.37. The van der Waals surface area contributed by atoms with Gasteiger partial charge in [0.25, 0.3) is 0 Å². The summed E-state index contributed by atoms with van der Waals surface area (Å²) in [6, 6.07) is 2.79. The highest BCUT2D eigenvalue weighted by molar-refractivity contribution is 7.89. The van der Waals surface area contributed by atoms with Crippen molar-refractivity contribution in [1.82, 2.24) is 4.31 Å². The molecule has 0 amide bonds. The minimum atomic E-state index is -3.68. The van der Waals surface area contributed by atoms with E-state index in [1.54, 1.807) is 32.9 Å². The van der Waals surface area contributed by atoms with Crippen molar-refractivity contribution in [3.63, 3.8) is 0 Å². The van der Waals surface area contributed by atoms with E-state index in [-0.39, 0.29) is 24.1 Å². The van der Waals surface area contributed by atoms with Crippen molar-refractivity contribution in [2.75, 3.05) is 6.54 Å². The van der Waals surface area contributed by atoms with E-state index in [0.717, 1.165) is 0 Å². The quantitative estimate of drug-likeness (QED) is 0.821. The van der Waals surface area contributed by atoms with E-state index in [1.165, 1.54) is 10.4 Å². The maximum Gasteiger partial charge on any atom is 0.243 e. The molecule has 1 aromatic rings. The highest BCUT2D eigenvalue weighted by Crippen LogP contribution is 2.28. The minimum Gasteiger partial charge on any atom is -0.392 e. The Kier molecular flexibility index (Phi) is 5.77. The van der Waals surface area contributed by atoms with Crippen LogP contribution in [0.5, 0.6) is 0 Å². The molecule has 0 bridgehead atoms. The number of rotatable bonds is 6. The molecule has 0 aromatic heterocycles. The Bertz CT molecular complexity index is 597. The Morgan fingerprint density at radius 2 is 2.05 bits per heavy atom. The molecule has 0 aliphatic carbocycles. The summed E-state index contributed by atoms with van der Waals surface area (Å²) in [6.45, 7) is 8.83. The van der Waals surface area contributed by atoms with Gasteiger partial charge in [0.2, 0.25) is 10.0 Å². The lowest BCUT2D eigenvalue weighted by molar-refractivity contribution is 0.280. The third-order valence-corrected chi connectivity index (χ3v) is 5.46. The zero-order chi connectivity index (χ0) is 15.5. The maximum absolute atomic E-state index is 12.7. The molecule has 1 aromatic carbocycles. The second-order valence-corrected chi connectivity index (χ2v) is 7.10. The summed E-state index contributed by atoms with van der Waals surface area (Å²) in [6.07, 6.45) is 1.55. The van der Waals surface area contributed by atoms with E-state index in [2.05, 4.69) is 6.58 Å². The number of aliphatic hydroxyl groups is 1. The maximum atomic E-state index is 12.7. The lowest BCUT2D eigenvalue weighted by atomic mass is 10.1. The fourth-order valence-corrected chi connectivity index (χ4v) is 4.19. The third-order valence-electron chi connectivity index (χ3n) is 3.07. The van der Waals surface area contributed by atoms with Gasteiger partial charge in [0, 0.05) is 17.6 Å². The molecular weight excluding hydrogens is 298 g/mol. The fraction of sp³-hybridized carbons (Fsp3) is 0.429. The SMILES string of the molecule is C=CCN(C(C)C)S(=O)(=O)c1cc(Cl)cc(CO)c1C. The molecule has 0 heterocycles. The highest BCUT2D eigenvalue weighted by atomic mass is 35.5. The topological polar surface area (TPSA) is 57.6 Å². The largest absolute Gasteiger partial charge is 0.392 e. The molecule has 0 aliphatic heterocycles. The first kappa shape index (κ1) is 17.2. The zero-order valence-corrected chi connectivity index (χ0v) is 13.5. The molecule has 0 saturated carbocycles.